The number of methoxy groups -OCH3 is 1. The maximum Gasteiger partial charge on any atom is 0.335 e. The largest absolute Gasteiger partial charge is 0.495 e. The van der Waals surface area contributed by atoms with Gasteiger partial charge in [-0.05, 0) is 18.2 Å². The number of nitrogens with one attached hydrogen (secondary N) is 1. The van der Waals surface area contributed by atoms with Gasteiger partial charge >= 0.3 is 5.97 Å². The van der Waals surface area contributed by atoms with E-state index in [1.807, 2.05) is 0 Å². The number of halogens is 2. The van der Waals surface area contributed by atoms with Crippen LogP contribution < -0.4 is 9.46 Å². The summed E-state index contributed by atoms with van der Waals surface area (Å²) in [7, 11) is -3.15. The van der Waals surface area contributed by atoms with Crippen LogP contribution in [0.3, 0.4) is 0 Å². The quantitative estimate of drug-likeness (QED) is 0.664. The van der Waals surface area contributed by atoms with E-state index in [0.29, 0.717) is 0 Å². The molecule has 7 nitrogen and oxygen atoms in total. The minimum atomic E-state index is -4.32. The zero-order chi connectivity index (χ0) is 16.2. The Morgan fingerprint density at radius 1 is 1.43 bits per heavy atom. The predicted octanol–water partition coefficient (Wildman–Crippen LogP) is 0.298. The van der Waals surface area contributed by atoms with Crippen LogP contribution in [-0.2, 0) is 10.0 Å². The average Bonchev–Trinajstić information content (AvgIpc) is 2.43. The molecule has 0 radical (unpaired) electrons. The molecule has 0 amide bonds. The molecule has 0 bridgehead atoms. The number of carbonyl (C=O) groups is 1. The lowest BCUT2D eigenvalue weighted by Gasteiger charge is -2.13. The molecule has 118 valence electrons. The number of hydrogen-bond donors (Lipinski definition) is 3. The van der Waals surface area contributed by atoms with Gasteiger partial charge in [-0.1, -0.05) is 0 Å². The molecule has 0 heterocycles. The first-order chi connectivity index (χ1) is 9.69. The monoisotopic (exact) mass is 325 g/mol. The Bertz CT molecular complexity index is 619. The number of aliphatic hydroxyl groups is 1. The maximum absolute atomic E-state index is 12.1. The summed E-state index contributed by atoms with van der Waals surface area (Å²) >= 11 is 0. The summed E-state index contributed by atoms with van der Waals surface area (Å²) in [5.41, 5.74) is -0.314. The lowest BCUT2D eigenvalue weighted by Crippen LogP contribution is -2.36. The van der Waals surface area contributed by atoms with Gasteiger partial charge in [-0.25, -0.2) is 26.7 Å². The maximum atomic E-state index is 12.1. The second-order valence-electron chi connectivity index (χ2n) is 3.92. The lowest BCUT2D eigenvalue weighted by atomic mass is 10.2. The van der Waals surface area contributed by atoms with Gasteiger partial charge in [0.1, 0.15) is 16.7 Å². The number of sulfonamides is 1. The Hall–Kier alpha value is -1.78. The molecule has 0 aliphatic carbocycles. The van der Waals surface area contributed by atoms with Crippen LogP contribution in [0.15, 0.2) is 23.1 Å². The molecular formula is C11H13F2NO6S. The first-order valence-corrected chi connectivity index (χ1v) is 7.04. The van der Waals surface area contributed by atoms with Crippen LogP contribution in [0.25, 0.3) is 0 Å². The van der Waals surface area contributed by atoms with Gasteiger partial charge in [-0.3, -0.25) is 0 Å². The van der Waals surface area contributed by atoms with Crippen molar-refractivity contribution in [2.24, 2.45) is 0 Å². The smallest absolute Gasteiger partial charge is 0.335 e. The molecule has 1 unspecified atom stereocenters. The number of carboxylic acids is 1. The molecule has 1 rings (SSSR count). The molecule has 1 atom stereocenters. The number of rotatable bonds is 7. The van der Waals surface area contributed by atoms with Crippen molar-refractivity contribution in [1.29, 1.82) is 0 Å². The summed E-state index contributed by atoms with van der Waals surface area (Å²) in [5.74, 6) is -1.51. The highest BCUT2D eigenvalue weighted by Gasteiger charge is 2.24. The highest BCUT2D eigenvalue weighted by atomic mass is 32.2. The second-order valence-corrected chi connectivity index (χ2v) is 5.66. The summed E-state index contributed by atoms with van der Waals surface area (Å²) in [6, 6.07) is 3.09. The van der Waals surface area contributed by atoms with E-state index in [2.05, 4.69) is 0 Å². The van der Waals surface area contributed by atoms with Crippen molar-refractivity contribution in [3.05, 3.63) is 23.8 Å². The van der Waals surface area contributed by atoms with Crippen LogP contribution in [0.1, 0.15) is 10.4 Å². The van der Waals surface area contributed by atoms with E-state index in [0.717, 1.165) is 18.2 Å². The zero-order valence-corrected chi connectivity index (χ0v) is 11.6. The molecule has 3 N–H and O–H groups in total. The number of alkyl halides is 2. The highest BCUT2D eigenvalue weighted by molar-refractivity contribution is 7.89. The van der Waals surface area contributed by atoms with Gasteiger partial charge < -0.3 is 14.9 Å². The third-order valence-corrected chi connectivity index (χ3v) is 3.92. The fourth-order valence-electron chi connectivity index (χ4n) is 1.38. The molecule has 0 fully saturated rings. The van der Waals surface area contributed by atoms with Crippen molar-refractivity contribution in [2.45, 2.75) is 17.4 Å². The van der Waals surface area contributed by atoms with E-state index in [9.17, 15) is 22.0 Å². The van der Waals surface area contributed by atoms with E-state index in [-0.39, 0.29) is 11.3 Å². The van der Waals surface area contributed by atoms with Gasteiger partial charge in [0.25, 0.3) is 6.43 Å². The number of aliphatic hydroxyl groups excluding tert-OH is 1. The molecule has 10 heteroatoms. The van der Waals surface area contributed by atoms with Gasteiger partial charge in [0, 0.05) is 6.54 Å². The molecule has 0 saturated carbocycles. The van der Waals surface area contributed by atoms with Crippen molar-refractivity contribution in [3.63, 3.8) is 0 Å². The van der Waals surface area contributed by atoms with Crippen LogP contribution >= 0.6 is 0 Å². The molecule has 0 saturated heterocycles. The van der Waals surface area contributed by atoms with Crippen molar-refractivity contribution in [1.82, 2.24) is 4.72 Å². The van der Waals surface area contributed by atoms with Crippen LogP contribution in [0.4, 0.5) is 8.78 Å². The van der Waals surface area contributed by atoms with E-state index in [1.54, 1.807) is 4.72 Å². The minimum Gasteiger partial charge on any atom is -0.495 e. The topological polar surface area (TPSA) is 113 Å². The summed E-state index contributed by atoms with van der Waals surface area (Å²) in [6.45, 7) is -0.916. The van der Waals surface area contributed by atoms with Gasteiger partial charge in [0.05, 0.1) is 12.7 Å². The molecule has 21 heavy (non-hydrogen) atoms. The van der Waals surface area contributed by atoms with E-state index in [1.165, 1.54) is 7.11 Å². The van der Waals surface area contributed by atoms with Crippen LogP contribution in [-0.4, -0.2) is 50.8 Å². The minimum absolute atomic E-state index is 0.154. The Balaban J connectivity index is 3.11. The van der Waals surface area contributed by atoms with E-state index >= 15 is 0 Å². The normalized spacial score (nSPS) is 13.2. The predicted molar refractivity (Wildman–Crippen MR) is 67.2 cm³/mol. The van der Waals surface area contributed by atoms with Crippen molar-refractivity contribution in [2.75, 3.05) is 13.7 Å². The van der Waals surface area contributed by atoms with Crippen molar-refractivity contribution < 1.29 is 36.9 Å². The Labute approximate surface area is 119 Å². The molecule has 1 aromatic carbocycles. The van der Waals surface area contributed by atoms with Gasteiger partial charge in [-0.15, -0.1) is 0 Å². The third kappa shape index (κ3) is 4.34. The molecule has 0 aliphatic heterocycles. The summed E-state index contributed by atoms with van der Waals surface area (Å²) in [4.78, 5) is 10.3. The zero-order valence-electron chi connectivity index (χ0n) is 10.8. The highest BCUT2D eigenvalue weighted by Crippen LogP contribution is 2.24. The number of aromatic carboxylic acids is 1. The summed E-state index contributed by atoms with van der Waals surface area (Å²) in [5, 5.41) is 17.7. The molecule has 0 spiro atoms. The molecule has 0 aromatic heterocycles. The Kier molecular flexibility index (Phi) is 5.58. The van der Waals surface area contributed by atoms with Crippen LogP contribution in [0.5, 0.6) is 5.75 Å². The second kappa shape index (κ2) is 6.78. The summed E-state index contributed by atoms with van der Waals surface area (Å²) < 4.78 is 54.8. The van der Waals surface area contributed by atoms with Gasteiger partial charge in [0.2, 0.25) is 10.0 Å². The first-order valence-electron chi connectivity index (χ1n) is 5.56. The standard InChI is InChI=1S/C11H13F2NO6S/c1-20-8-3-2-6(11(16)17)4-9(8)21(18,19)14-5-7(15)10(12)13/h2-4,7,10,14-15H,5H2,1H3,(H,16,17). The third-order valence-electron chi connectivity index (χ3n) is 2.47. The number of benzene rings is 1. The molecule has 0 aliphatic rings. The van der Waals surface area contributed by atoms with Crippen LogP contribution in [0.2, 0.25) is 0 Å². The van der Waals surface area contributed by atoms with Crippen LogP contribution in [0, 0.1) is 0 Å². The lowest BCUT2D eigenvalue weighted by molar-refractivity contribution is -0.000454. The number of ether oxygens (including phenoxy) is 1. The Morgan fingerprint density at radius 3 is 2.52 bits per heavy atom. The van der Waals surface area contributed by atoms with Gasteiger partial charge in [-0.2, -0.15) is 0 Å². The fourth-order valence-corrected chi connectivity index (χ4v) is 2.63. The van der Waals surface area contributed by atoms with E-state index < -0.39 is 40.0 Å². The number of carboxylic acid groups (broad SMARTS) is 1. The first kappa shape index (κ1) is 17.3. The summed E-state index contributed by atoms with van der Waals surface area (Å²) in [6.07, 6.45) is -5.28. The van der Waals surface area contributed by atoms with Crippen molar-refractivity contribution >= 4 is 16.0 Å². The van der Waals surface area contributed by atoms with Gasteiger partial charge in [0.15, 0.2) is 0 Å². The van der Waals surface area contributed by atoms with E-state index in [4.69, 9.17) is 14.9 Å². The average molecular weight is 325 g/mol. The number of hydrogen-bond acceptors (Lipinski definition) is 5. The Morgan fingerprint density at radius 2 is 2.05 bits per heavy atom. The SMILES string of the molecule is COc1ccc(C(=O)O)cc1S(=O)(=O)NCC(O)C(F)F. The molecular weight excluding hydrogens is 312 g/mol. The van der Waals surface area contributed by atoms with Crippen molar-refractivity contribution in [3.8, 4) is 5.75 Å². The molecule has 1 aromatic rings. The fraction of sp³-hybridized carbons (Fsp3) is 0.364.